The molecule has 2 aliphatic rings. The van der Waals surface area contributed by atoms with Crippen LogP contribution < -0.4 is 0 Å². The second-order valence-electron chi connectivity index (χ2n) is 5.26. The number of carbonyl (C=O) groups excluding carboxylic acids is 2. The Morgan fingerprint density at radius 2 is 1.70 bits per heavy atom. The molecule has 2 heterocycles. The minimum atomic E-state index is -3.76. The van der Waals surface area contributed by atoms with Crippen LogP contribution in [-0.2, 0) is 14.8 Å². The topological polar surface area (TPSA) is 77.8 Å². The monoisotopic (exact) mass is 302 g/mol. The molecule has 0 aromatic rings. The van der Waals surface area contributed by atoms with Gasteiger partial charge in [-0.15, -0.1) is 0 Å². The third kappa shape index (κ3) is 2.26. The minimum Gasteiger partial charge on any atom is -0.245 e. The first-order valence-corrected chi connectivity index (χ1v) is 8.16. The van der Waals surface area contributed by atoms with E-state index < -0.39 is 27.2 Å². The molecule has 0 aliphatic carbocycles. The lowest BCUT2D eigenvalue weighted by Gasteiger charge is -2.31. The Morgan fingerprint density at radius 3 is 2.25 bits per heavy atom. The lowest BCUT2D eigenvalue weighted by molar-refractivity contribution is -0.405. The van der Waals surface area contributed by atoms with Crippen LogP contribution in [0, 0.1) is 0 Å². The molecule has 20 heavy (non-hydrogen) atoms. The van der Waals surface area contributed by atoms with Crippen LogP contribution >= 0.6 is 0 Å². The average Bonchev–Trinajstić information content (AvgIpc) is 2.44. The number of nitrogens with zero attached hydrogens (tertiary/aromatic N) is 3. The van der Waals surface area contributed by atoms with Crippen LogP contribution in [-0.4, -0.2) is 72.3 Å². The van der Waals surface area contributed by atoms with E-state index in [-0.39, 0.29) is 5.71 Å². The van der Waals surface area contributed by atoms with Crippen LogP contribution in [0.1, 0.15) is 26.2 Å². The van der Waals surface area contributed by atoms with Gasteiger partial charge >= 0.3 is 11.9 Å². The summed E-state index contributed by atoms with van der Waals surface area (Å²) in [6.45, 7) is 2.41. The van der Waals surface area contributed by atoms with Crippen molar-refractivity contribution in [2.24, 2.45) is 0 Å². The number of carbonyl (C=O) groups is 2. The predicted molar refractivity (Wildman–Crippen MR) is 73.2 cm³/mol. The quantitative estimate of drug-likeness (QED) is 0.666. The van der Waals surface area contributed by atoms with Crippen molar-refractivity contribution < 1.29 is 22.6 Å². The molecule has 1 fully saturated rings. The van der Waals surface area contributed by atoms with Crippen LogP contribution in [0.4, 0.5) is 4.79 Å². The van der Waals surface area contributed by atoms with Gasteiger partial charge in [-0.3, -0.25) is 0 Å². The SMILES string of the molecule is CC1=[N+](C)C(=O)N(C)C(=O)C1S(=O)(=O)N1CCCCC1. The normalized spacial score (nSPS) is 26.4. The van der Waals surface area contributed by atoms with Gasteiger partial charge in [0.25, 0.3) is 0 Å². The van der Waals surface area contributed by atoms with Crippen molar-refractivity contribution in [3.05, 3.63) is 0 Å². The molecule has 1 atom stereocenters. The van der Waals surface area contributed by atoms with Gasteiger partial charge in [0, 0.05) is 13.1 Å². The van der Waals surface area contributed by atoms with Gasteiger partial charge in [-0.05, 0) is 19.8 Å². The molecule has 8 heteroatoms. The number of sulfonamides is 1. The molecule has 2 rings (SSSR count). The number of urea groups is 1. The number of hydrogen-bond acceptors (Lipinski definition) is 4. The van der Waals surface area contributed by atoms with Crippen molar-refractivity contribution in [2.75, 3.05) is 27.2 Å². The molecule has 0 aromatic heterocycles. The van der Waals surface area contributed by atoms with Crippen molar-refractivity contribution in [1.82, 2.24) is 9.21 Å². The minimum absolute atomic E-state index is 0.267. The maximum atomic E-state index is 12.7. The average molecular weight is 302 g/mol. The van der Waals surface area contributed by atoms with Crippen LogP contribution in [0.5, 0.6) is 0 Å². The van der Waals surface area contributed by atoms with Gasteiger partial charge in [-0.25, -0.2) is 17.5 Å². The van der Waals surface area contributed by atoms with Crippen LogP contribution in [0.25, 0.3) is 0 Å². The summed E-state index contributed by atoms with van der Waals surface area (Å²) in [5.41, 5.74) is 0.267. The molecule has 0 radical (unpaired) electrons. The Labute approximate surface area is 118 Å². The van der Waals surface area contributed by atoms with Gasteiger partial charge in [-0.1, -0.05) is 6.42 Å². The Balaban J connectivity index is 2.44. The molecule has 0 saturated carbocycles. The van der Waals surface area contributed by atoms with E-state index in [4.69, 9.17) is 0 Å². The van der Waals surface area contributed by atoms with E-state index in [1.54, 1.807) is 0 Å². The summed E-state index contributed by atoms with van der Waals surface area (Å²) < 4.78 is 28.0. The predicted octanol–water partition coefficient (Wildman–Crippen LogP) is -0.134. The van der Waals surface area contributed by atoms with Crippen molar-refractivity contribution >= 4 is 27.7 Å². The fourth-order valence-electron chi connectivity index (χ4n) is 2.61. The Bertz CT molecular complexity index is 576. The zero-order chi connectivity index (χ0) is 15.1. The molecular weight excluding hydrogens is 282 g/mol. The Kier molecular flexibility index (Phi) is 3.97. The van der Waals surface area contributed by atoms with Gasteiger partial charge in [0.15, 0.2) is 0 Å². The standard InChI is InChI=1S/C12H20N3O4S/c1-9-10(11(16)14(3)12(17)13(9)2)20(18,19)15-7-5-4-6-8-15/h10H,4-8H2,1-3H3/q+1. The van der Waals surface area contributed by atoms with Crippen LogP contribution in [0.2, 0.25) is 0 Å². The van der Waals surface area contributed by atoms with E-state index in [0.717, 1.165) is 24.2 Å². The van der Waals surface area contributed by atoms with E-state index in [0.29, 0.717) is 13.1 Å². The molecule has 7 nitrogen and oxygen atoms in total. The molecule has 0 N–H and O–H groups in total. The summed E-state index contributed by atoms with van der Waals surface area (Å²) in [5.74, 6) is -0.670. The van der Waals surface area contributed by atoms with Gasteiger partial charge < -0.3 is 0 Å². The Morgan fingerprint density at radius 1 is 1.15 bits per heavy atom. The third-order valence-electron chi connectivity index (χ3n) is 4.01. The molecule has 112 valence electrons. The second kappa shape index (κ2) is 5.25. The first-order chi connectivity index (χ1) is 9.28. The summed E-state index contributed by atoms with van der Waals surface area (Å²) in [5, 5.41) is -1.28. The summed E-state index contributed by atoms with van der Waals surface area (Å²) >= 11 is 0. The number of piperidine rings is 1. The van der Waals surface area contributed by atoms with Crippen molar-refractivity contribution in [3.63, 3.8) is 0 Å². The third-order valence-corrected chi connectivity index (χ3v) is 6.23. The second-order valence-corrected chi connectivity index (χ2v) is 7.28. The van der Waals surface area contributed by atoms with Gasteiger partial charge in [0.05, 0.1) is 14.1 Å². The molecule has 1 saturated heterocycles. The molecule has 2 aliphatic heterocycles. The fraction of sp³-hybridized carbons (Fsp3) is 0.750. The lowest BCUT2D eigenvalue weighted by Crippen LogP contribution is -2.59. The maximum Gasteiger partial charge on any atom is 0.500 e. The molecule has 0 spiro atoms. The highest BCUT2D eigenvalue weighted by atomic mass is 32.2. The first-order valence-electron chi connectivity index (χ1n) is 6.66. The largest absolute Gasteiger partial charge is 0.500 e. The van der Waals surface area contributed by atoms with E-state index in [2.05, 4.69) is 0 Å². The summed E-state index contributed by atoms with van der Waals surface area (Å²) in [6.07, 6.45) is 2.62. The van der Waals surface area contributed by atoms with Crippen LogP contribution in [0.15, 0.2) is 0 Å². The van der Waals surface area contributed by atoms with E-state index in [9.17, 15) is 18.0 Å². The van der Waals surface area contributed by atoms with E-state index >= 15 is 0 Å². The summed E-state index contributed by atoms with van der Waals surface area (Å²) in [4.78, 5) is 24.9. The van der Waals surface area contributed by atoms with Gasteiger partial charge in [-0.2, -0.15) is 14.3 Å². The van der Waals surface area contributed by atoms with Crippen molar-refractivity contribution in [1.29, 1.82) is 0 Å². The first kappa shape index (κ1) is 15.1. The van der Waals surface area contributed by atoms with E-state index in [1.165, 1.54) is 29.9 Å². The van der Waals surface area contributed by atoms with Crippen LogP contribution in [0.3, 0.4) is 0 Å². The highest BCUT2D eigenvalue weighted by Crippen LogP contribution is 2.21. The van der Waals surface area contributed by atoms with Gasteiger partial charge in [0.2, 0.25) is 15.3 Å². The van der Waals surface area contributed by atoms with Crippen molar-refractivity contribution in [2.45, 2.75) is 31.4 Å². The number of rotatable bonds is 2. The smallest absolute Gasteiger partial charge is 0.245 e. The zero-order valence-electron chi connectivity index (χ0n) is 12.0. The van der Waals surface area contributed by atoms with Crippen molar-refractivity contribution in [3.8, 4) is 0 Å². The van der Waals surface area contributed by atoms with Gasteiger partial charge in [0.1, 0.15) is 5.71 Å². The lowest BCUT2D eigenvalue weighted by atomic mass is 10.2. The zero-order valence-corrected chi connectivity index (χ0v) is 12.8. The highest BCUT2D eigenvalue weighted by molar-refractivity contribution is 7.91. The summed E-state index contributed by atoms with van der Waals surface area (Å²) in [6, 6.07) is -0.502. The molecule has 1 unspecified atom stereocenters. The summed E-state index contributed by atoms with van der Waals surface area (Å²) in [7, 11) is -0.964. The molecule has 0 bridgehead atoms. The highest BCUT2D eigenvalue weighted by Gasteiger charge is 2.51. The maximum absolute atomic E-state index is 12.7. The number of hydrogen-bond donors (Lipinski definition) is 0. The van der Waals surface area contributed by atoms with E-state index in [1.807, 2.05) is 0 Å². The molecule has 0 aromatic carbocycles. The fourth-order valence-corrected chi connectivity index (χ4v) is 4.68. The number of amides is 3. The molecule has 3 amide bonds. The number of imide groups is 1. The Hall–Kier alpha value is -1.28. The molecular formula is C12H20N3O4S+.